The fourth-order valence-corrected chi connectivity index (χ4v) is 3.78. The van der Waals surface area contributed by atoms with Crippen LogP contribution in [0.1, 0.15) is 17.7 Å². The Hall–Kier alpha value is -4.27. The number of nitrogens with one attached hydrogen (secondary N) is 2. The van der Waals surface area contributed by atoms with E-state index in [0.717, 1.165) is 42.3 Å². The summed E-state index contributed by atoms with van der Waals surface area (Å²) < 4.78 is 10.8. The Labute approximate surface area is 191 Å². The van der Waals surface area contributed by atoms with Gasteiger partial charge in [-0.2, -0.15) is 15.0 Å². The Bertz CT molecular complexity index is 1230. The third-order valence-corrected chi connectivity index (χ3v) is 5.39. The number of aromatic hydroxyl groups is 1. The van der Waals surface area contributed by atoms with Gasteiger partial charge in [-0.3, -0.25) is 0 Å². The molecule has 0 fully saturated rings. The topological polar surface area (TPSA) is 109 Å². The van der Waals surface area contributed by atoms with Crippen molar-refractivity contribution in [1.29, 1.82) is 0 Å². The van der Waals surface area contributed by atoms with Gasteiger partial charge >= 0.3 is 0 Å². The zero-order valence-electron chi connectivity index (χ0n) is 18.2. The van der Waals surface area contributed by atoms with E-state index in [1.165, 1.54) is 5.56 Å². The lowest BCUT2D eigenvalue weighted by Gasteiger charge is -2.30. The van der Waals surface area contributed by atoms with Crippen molar-refractivity contribution < 1.29 is 14.3 Å². The number of anilines is 5. The Balaban J connectivity index is 1.49. The first-order valence-corrected chi connectivity index (χ1v) is 10.7. The normalized spacial score (nSPS) is 12.8. The molecule has 1 aliphatic rings. The number of aryl methyl sites for hydroxylation is 1. The second-order valence-corrected chi connectivity index (χ2v) is 7.64. The lowest BCUT2D eigenvalue weighted by Crippen LogP contribution is -2.27. The van der Waals surface area contributed by atoms with Crippen molar-refractivity contribution in [3.8, 4) is 11.5 Å². The summed E-state index contributed by atoms with van der Waals surface area (Å²) in [6.07, 6.45) is 3.57. The quantitative estimate of drug-likeness (QED) is 0.352. The second kappa shape index (κ2) is 9.07. The van der Waals surface area contributed by atoms with Crippen molar-refractivity contribution in [3.05, 3.63) is 72.2 Å². The van der Waals surface area contributed by atoms with Crippen LogP contribution in [-0.4, -0.2) is 33.7 Å². The molecular weight excluding hydrogens is 420 g/mol. The maximum absolute atomic E-state index is 9.57. The molecule has 9 heteroatoms. The highest BCUT2D eigenvalue weighted by molar-refractivity contribution is 5.67. The molecule has 0 saturated heterocycles. The zero-order chi connectivity index (χ0) is 22.6. The maximum atomic E-state index is 9.57. The first-order chi connectivity index (χ1) is 16.2. The largest absolute Gasteiger partial charge is 0.508 e. The number of hydrogen-bond acceptors (Lipinski definition) is 9. The Kier molecular flexibility index (Phi) is 5.67. The van der Waals surface area contributed by atoms with Crippen LogP contribution in [0.25, 0.3) is 0 Å². The fourth-order valence-electron chi connectivity index (χ4n) is 3.78. The van der Waals surface area contributed by atoms with Crippen molar-refractivity contribution in [2.24, 2.45) is 0 Å². The highest BCUT2D eigenvalue weighted by Gasteiger charge is 2.22. The summed E-state index contributed by atoms with van der Waals surface area (Å²) in [7, 11) is 1.67. The average molecular weight is 444 g/mol. The monoisotopic (exact) mass is 444 g/mol. The molecule has 0 unspecified atom stereocenters. The standard InChI is InChI=1S/C24H24N6O3/c1-32-19-10-11-21-16(14-19)4-2-12-30(21)24-28-22(25-15-20-5-3-13-33-20)27-23(29-24)26-17-6-8-18(31)9-7-17/h3,5-11,13-14,31H,2,4,12,15H2,1H3,(H2,25,26,27,28,29). The van der Waals surface area contributed by atoms with E-state index in [2.05, 4.69) is 26.6 Å². The minimum Gasteiger partial charge on any atom is -0.508 e. The molecule has 2 aromatic carbocycles. The SMILES string of the molecule is COc1ccc2c(c1)CCCN2c1nc(NCc2ccco2)nc(Nc2ccc(O)cc2)n1. The molecule has 0 atom stereocenters. The molecular formula is C24H24N6O3. The molecule has 0 bridgehead atoms. The number of furan rings is 1. The number of benzene rings is 2. The minimum absolute atomic E-state index is 0.193. The van der Waals surface area contributed by atoms with Crippen molar-refractivity contribution in [2.75, 3.05) is 29.2 Å². The van der Waals surface area contributed by atoms with Crippen molar-refractivity contribution in [2.45, 2.75) is 19.4 Å². The summed E-state index contributed by atoms with van der Waals surface area (Å²) in [5.41, 5.74) is 3.01. The summed E-state index contributed by atoms with van der Waals surface area (Å²) >= 11 is 0. The van der Waals surface area contributed by atoms with Gasteiger partial charge in [-0.05, 0) is 73.0 Å². The average Bonchev–Trinajstić information content (AvgIpc) is 3.37. The van der Waals surface area contributed by atoms with E-state index in [4.69, 9.17) is 19.1 Å². The summed E-state index contributed by atoms with van der Waals surface area (Å²) in [5.74, 6) is 3.17. The van der Waals surface area contributed by atoms with Crippen LogP contribution in [0.15, 0.2) is 65.3 Å². The van der Waals surface area contributed by atoms with Crippen molar-refractivity contribution >= 4 is 29.2 Å². The van der Waals surface area contributed by atoms with Gasteiger partial charge in [0.25, 0.3) is 0 Å². The van der Waals surface area contributed by atoms with Gasteiger partial charge in [0.1, 0.15) is 17.3 Å². The van der Waals surface area contributed by atoms with Crippen LogP contribution in [0.4, 0.5) is 29.2 Å². The second-order valence-electron chi connectivity index (χ2n) is 7.64. The number of fused-ring (bicyclic) bond motifs is 1. The lowest BCUT2D eigenvalue weighted by atomic mass is 10.0. The summed E-state index contributed by atoms with van der Waals surface area (Å²) in [4.78, 5) is 16.0. The van der Waals surface area contributed by atoms with Gasteiger partial charge in [0.15, 0.2) is 0 Å². The molecule has 1 aliphatic heterocycles. The molecule has 5 rings (SSSR count). The Morgan fingerprint density at radius 1 is 1.06 bits per heavy atom. The van der Waals surface area contributed by atoms with E-state index in [-0.39, 0.29) is 5.75 Å². The predicted octanol–water partition coefficient (Wildman–Crippen LogP) is 4.62. The minimum atomic E-state index is 0.193. The van der Waals surface area contributed by atoms with E-state index < -0.39 is 0 Å². The van der Waals surface area contributed by atoms with Crippen LogP contribution in [0.2, 0.25) is 0 Å². The number of phenols is 1. The highest BCUT2D eigenvalue weighted by atomic mass is 16.5. The fraction of sp³-hybridized carbons (Fsp3) is 0.208. The van der Waals surface area contributed by atoms with Gasteiger partial charge in [-0.25, -0.2) is 0 Å². The number of rotatable bonds is 7. The Morgan fingerprint density at radius 3 is 2.70 bits per heavy atom. The number of aromatic nitrogens is 3. The van der Waals surface area contributed by atoms with E-state index in [9.17, 15) is 5.11 Å². The van der Waals surface area contributed by atoms with Crippen LogP contribution in [0, 0.1) is 0 Å². The van der Waals surface area contributed by atoms with Gasteiger partial charge in [-0.1, -0.05) is 0 Å². The summed E-state index contributed by atoms with van der Waals surface area (Å²) in [6, 6.07) is 16.5. The van der Waals surface area contributed by atoms with Gasteiger partial charge in [0.05, 0.1) is 19.9 Å². The predicted molar refractivity (Wildman–Crippen MR) is 126 cm³/mol. The number of ether oxygens (including phenoxy) is 1. The molecule has 0 radical (unpaired) electrons. The van der Waals surface area contributed by atoms with Crippen molar-refractivity contribution in [3.63, 3.8) is 0 Å². The number of hydrogen-bond donors (Lipinski definition) is 3. The summed E-state index contributed by atoms with van der Waals surface area (Å²) in [5, 5.41) is 16.0. The molecule has 0 saturated carbocycles. The van der Waals surface area contributed by atoms with E-state index in [1.54, 1.807) is 37.6 Å². The third-order valence-electron chi connectivity index (χ3n) is 5.39. The van der Waals surface area contributed by atoms with Gasteiger partial charge in [0, 0.05) is 17.9 Å². The van der Waals surface area contributed by atoms with Crippen LogP contribution in [0.5, 0.6) is 11.5 Å². The van der Waals surface area contributed by atoms with Crippen LogP contribution in [-0.2, 0) is 13.0 Å². The van der Waals surface area contributed by atoms with Crippen LogP contribution >= 0.6 is 0 Å². The van der Waals surface area contributed by atoms with E-state index >= 15 is 0 Å². The highest BCUT2D eigenvalue weighted by Crippen LogP contribution is 2.34. The van der Waals surface area contributed by atoms with Gasteiger partial charge < -0.3 is 29.8 Å². The Morgan fingerprint density at radius 2 is 1.91 bits per heavy atom. The molecule has 0 amide bonds. The molecule has 9 nitrogen and oxygen atoms in total. The molecule has 3 N–H and O–H groups in total. The molecule has 2 aromatic heterocycles. The third kappa shape index (κ3) is 4.67. The number of phenolic OH excluding ortho intramolecular Hbond substituents is 1. The maximum Gasteiger partial charge on any atom is 0.236 e. The first kappa shape index (κ1) is 20.6. The molecule has 4 aromatic rings. The molecule has 168 valence electrons. The van der Waals surface area contributed by atoms with Crippen LogP contribution < -0.4 is 20.3 Å². The van der Waals surface area contributed by atoms with E-state index in [0.29, 0.717) is 24.4 Å². The molecule has 33 heavy (non-hydrogen) atoms. The molecule has 0 spiro atoms. The van der Waals surface area contributed by atoms with Gasteiger partial charge in [0.2, 0.25) is 17.8 Å². The number of nitrogens with zero attached hydrogens (tertiary/aromatic N) is 4. The molecule has 0 aliphatic carbocycles. The van der Waals surface area contributed by atoms with Crippen molar-refractivity contribution in [1.82, 2.24) is 15.0 Å². The smallest absolute Gasteiger partial charge is 0.236 e. The van der Waals surface area contributed by atoms with Crippen LogP contribution in [0.3, 0.4) is 0 Å². The van der Waals surface area contributed by atoms with E-state index in [1.807, 2.05) is 24.3 Å². The lowest BCUT2D eigenvalue weighted by molar-refractivity contribution is 0.414. The zero-order valence-corrected chi connectivity index (χ0v) is 18.2. The number of methoxy groups -OCH3 is 1. The van der Waals surface area contributed by atoms with Gasteiger partial charge in [-0.15, -0.1) is 0 Å². The summed E-state index contributed by atoms with van der Waals surface area (Å²) in [6.45, 7) is 1.24. The first-order valence-electron chi connectivity index (χ1n) is 10.7. The molecule has 3 heterocycles.